The maximum atomic E-state index is 11.4. The Morgan fingerprint density at radius 2 is 2.19 bits per heavy atom. The number of carbonyl (C=O) groups is 1. The molecular weight excluding hydrogens is 336 g/mol. The van der Waals surface area contributed by atoms with E-state index >= 15 is 0 Å². The Kier molecular flexibility index (Phi) is 5.11. The first kappa shape index (κ1) is 17.8. The summed E-state index contributed by atoms with van der Waals surface area (Å²) >= 11 is 0. The van der Waals surface area contributed by atoms with Crippen LogP contribution in [-0.4, -0.2) is 39.6 Å². The number of allylic oxidation sites excluding steroid dienone is 1. The van der Waals surface area contributed by atoms with E-state index < -0.39 is 12.0 Å². The molecule has 1 aliphatic rings. The van der Waals surface area contributed by atoms with Crippen molar-refractivity contribution < 1.29 is 19.4 Å². The van der Waals surface area contributed by atoms with E-state index in [0.717, 1.165) is 12.0 Å². The maximum Gasteiger partial charge on any atom is 0.352 e. The van der Waals surface area contributed by atoms with Gasteiger partial charge in [0.25, 0.3) is 0 Å². The van der Waals surface area contributed by atoms with Crippen LogP contribution in [0.4, 0.5) is 5.95 Å². The first-order valence-corrected chi connectivity index (χ1v) is 8.42. The average molecular weight is 358 g/mol. The van der Waals surface area contributed by atoms with Gasteiger partial charge in [0.15, 0.2) is 11.5 Å². The van der Waals surface area contributed by atoms with E-state index in [0.29, 0.717) is 30.0 Å². The highest BCUT2D eigenvalue weighted by molar-refractivity contribution is 5.90. The van der Waals surface area contributed by atoms with Crippen LogP contribution in [0.3, 0.4) is 0 Å². The van der Waals surface area contributed by atoms with Crippen LogP contribution in [0, 0.1) is 5.92 Å². The number of carboxylic acid groups (broad SMARTS) is 1. The number of ether oxygens (including phenoxy) is 2. The van der Waals surface area contributed by atoms with Gasteiger partial charge in [-0.05, 0) is 36.1 Å². The highest BCUT2D eigenvalue weighted by Crippen LogP contribution is 2.34. The predicted octanol–water partition coefficient (Wildman–Crippen LogP) is 2.70. The number of benzene rings is 1. The second kappa shape index (κ2) is 7.47. The fraction of sp³-hybridized carbons (Fsp3) is 0.389. The number of nitrogens with one attached hydrogen (secondary N) is 1. The number of methoxy groups -OCH3 is 1. The van der Waals surface area contributed by atoms with Crippen molar-refractivity contribution in [3.05, 3.63) is 41.9 Å². The average Bonchev–Trinajstić information content (AvgIpc) is 3.09. The Morgan fingerprint density at radius 1 is 1.38 bits per heavy atom. The molecule has 3 rings (SSSR count). The molecule has 0 amide bonds. The highest BCUT2D eigenvalue weighted by atomic mass is 16.5. The monoisotopic (exact) mass is 358 g/mol. The van der Waals surface area contributed by atoms with Crippen LogP contribution < -0.4 is 14.8 Å². The molecule has 2 aromatic rings. The fourth-order valence-corrected chi connectivity index (χ4v) is 2.69. The summed E-state index contributed by atoms with van der Waals surface area (Å²) < 4.78 is 12.9. The van der Waals surface area contributed by atoms with Crippen LogP contribution in [0.25, 0.3) is 0 Å². The number of rotatable bonds is 7. The summed E-state index contributed by atoms with van der Waals surface area (Å²) in [5, 5.41) is 16.3. The standard InChI is InChI=1S/C18H22N4O4/c1-11(2)6-7-26-15-5-4-12(8-16(15)25-3)14-9-13(17(23)24)21-18-19-10-20-22(14)18/h4-5,8-11,14H,6-7H2,1-3H3,(H,23,24)(H,19,20,21)/t14-/m1/s1. The van der Waals surface area contributed by atoms with Crippen LogP contribution >= 0.6 is 0 Å². The summed E-state index contributed by atoms with van der Waals surface area (Å²) in [6, 6.07) is 5.15. The third kappa shape index (κ3) is 3.63. The van der Waals surface area contributed by atoms with Crippen LogP contribution in [-0.2, 0) is 4.79 Å². The Balaban J connectivity index is 1.90. The van der Waals surface area contributed by atoms with E-state index in [1.54, 1.807) is 17.9 Å². The minimum atomic E-state index is -1.05. The lowest BCUT2D eigenvalue weighted by atomic mass is 10.0. The molecule has 2 N–H and O–H groups in total. The molecule has 1 aliphatic heterocycles. The number of aromatic nitrogens is 3. The zero-order valence-electron chi connectivity index (χ0n) is 15.0. The van der Waals surface area contributed by atoms with E-state index in [9.17, 15) is 9.90 Å². The van der Waals surface area contributed by atoms with Gasteiger partial charge in [0.2, 0.25) is 5.95 Å². The molecule has 0 spiro atoms. The molecule has 0 saturated heterocycles. The minimum Gasteiger partial charge on any atom is -0.493 e. The summed E-state index contributed by atoms with van der Waals surface area (Å²) in [7, 11) is 1.58. The van der Waals surface area contributed by atoms with E-state index in [4.69, 9.17) is 9.47 Å². The number of anilines is 1. The van der Waals surface area contributed by atoms with Gasteiger partial charge >= 0.3 is 5.97 Å². The Hall–Kier alpha value is -3.03. The number of carboxylic acids is 1. The molecule has 0 radical (unpaired) electrons. The zero-order valence-corrected chi connectivity index (χ0v) is 15.0. The van der Waals surface area contributed by atoms with Crippen molar-refractivity contribution in [1.82, 2.24) is 14.8 Å². The number of hydrogen-bond donors (Lipinski definition) is 2. The summed E-state index contributed by atoms with van der Waals surface area (Å²) in [5.41, 5.74) is 0.886. The number of nitrogens with zero attached hydrogens (tertiary/aromatic N) is 3. The summed E-state index contributed by atoms with van der Waals surface area (Å²) in [6.07, 6.45) is 3.93. The van der Waals surface area contributed by atoms with Gasteiger partial charge in [-0.15, -0.1) is 0 Å². The lowest BCUT2D eigenvalue weighted by molar-refractivity contribution is -0.132. The second-order valence-electron chi connectivity index (χ2n) is 6.42. The molecule has 1 aromatic carbocycles. The molecule has 2 heterocycles. The van der Waals surface area contributed by atoms with Crippen LogP contribution in [0.2, 0.25) is 0 Å². The Labute approximate surface area is 151 Å². The summed E-state index contributed by atoms with van der Waals surface area (Å²) in [5.74, 6) is 1.14. The number of aliphatic carboxylic acids is 1. The molecule has 8 nitrogen and oxygen atoms in total. The van der Waals surface area contributed by atoms with Crippen LogP contribution in [0.1, 0.15) is 31.9 Å². The molecule has 0 fully saturated rings. The second-order valence-corrected chi connectivity index (χ2v) is 6.42. The number of fused-ring (bicyclic) bond motifs is 1. The van der Waals surface area contributed by atoms with Crippen LogP contribution in [0.5, 0.6) is 11.5 Å². The first-order valence-electron chi connectivity index (χ1n) is 8.42. The van der Waals surface area contributed by atoms with Gasteiger partial charge in [0.05, 0.1) is 13.7 Å². The molecule has 0 bridgehead atoms. The largest absolute Gasteiger partial charge is 0.493 e. The van der Waals surface area contributed by atoms with Crippen LogP contribution in [0.15, 0.2) is 36.3 Å². The van der Waals surface area contributed by atoms with E-state index in [1.165, 1.54) is 6.33 Å². The molecule has 0 aliphatic carbocycles. The van der Waals surface area contributed by atoms with E-state index in [1.807, 2.05) is 18.2 Å². The molecule has 1 aromatic heterocycles. The van der Waals surface area contributed by atoms with Crippen molar-refractivity contribution in [1.29, 1.82) is 0 Å². The molecular formula is C18H22N4O4. The van der Waals surface area contributed by atoms with Gasteiger partial charge in [0.1, 0.15) is 18.1 Å². The maximum absolute atomic E-state index is 11.4. The van der Waals surface area contributed by atoms with E-state index in [2.05, 4.69) is 29.2 Å². The Morgan fingerprint density at radius 3 is 2.88 bits per heavy atom. The molecule has 26 heavy (non-hydrogen) atoms. The fourth-order valence-electron chi connectivity index (χ4n) is 2.69. The van der Waals surface area contributed by atoms with E-state index in [-0.39, 0.29) is 5.70 Å². The van der Waals surface area contributed by atoms with Gasteiger partial charge in [0, 0.05) is 0 Å². The lowest BCUT2D eigenvalue weighted by Gasteiger charge is -2.23. The van der Waals surface area contributed by atoms with Crippen molar-refractivity contribution in [3.8, 4) is 11.5 Å². The van der Waals surface area contributed by atoms with Gasteiger partial charge in [-0.2, -0.15) is 10.1 Å². The topological polar surface area (TPSA) is 98.5 Å². The van der Waals surface area contributed by atoms with Gasteiger partial charge < -0.3 is 19.9 Å². The van der Waals surface area contributed by atoms with Gasteiger partial charge in [-0.25, -0.2) is 9.48 Å². The lowest BCUT2D eigenvalue weighted by Crippen LogP contribution is -2.24. The Bertz CT molecular complexity index is 828. The quantitative estimate of drug-likeness (QED) is 0.785. The molecule has 0 saturated carbocycles. The third-order valence-electron chi connectivity index (χ3n) is 4.12. The van der Waals surface area contributed by atoms with Crippen molar-refractivity contribution >= 4 is 11.9 Å². The number of hydrogen-bond acceptors (Lipinski definition) is 6. The summed E-state index contributed by atoms with van der Waals surface area (Å²) in [6.45, 7) is 4.89. The first-order chi connectivity index (χ1) is 12.5. The molecule has 1 atom stereocenters. The van der Waals surface area contributed by atoms with Crippen molar-refractivity contribution in [2.24, 2.45) is 5.92 Å². The summed E-state index contributed by atoms with van der Waals surface area (Å²) in [4.78, 5) is 15.4. The normalized spacial score (nSPS) is 15.8. The van der Waals surface area contributed by atoms with Crippen molar-refractivity contribution in [2.45, 2.75) is 26.3 Å². The molecule has 138 valence electrons. The highest BCUT2D eigenvalue weighted by Gasteiger charge is 2.26. The zero-order chi connectivity index (χ0) is 18.7. The van der Waals surface area contributed by atoms with Crippen molar-refractivity contribution in [2.75, 3.05) is 19.0 Å². The predicted molar refractivity (Wildman–Crippen MR) is 95.4 cm³/mol. The van der Waals surface area contributed by atoms with Gasteiger partial charge in [-0.1, -0.05) is 19.9 Å². The molecule has 0 unspecified atom stereocenters. The smallest absolute Gasteiger partial charge is 0.352 e. The van der Waals surface area contributed by atoms with Gasteiger partial charge in [-0.3, -0.25) is 0 Å². The third-order valence-corrected chi connectivity index (χ3v) is 4.12. The van der Waals surface area contributed by atoms with Crippen molar-refractivity contribution in [3.63, 3.8) is 0 Å². The molecule has 8 heteroatoms. The minimum absolute atomic E-state index is 0.0618. The SMILES string of the molecule is COc1cc([C@H]2C=C(C(=O)O)Nc3ncnn32)ccc1OCCC(C)C.